The minimum atomic E-state index is -0.177. The number of aromatic nitrogens is 3. The average Bonchev–Trinajstić information content (AvgIpc) is 2.82. The lowest BCUT2D eigenvalue weighted by Gasteiger charge is -2.27. The molecular weight excluding hydrogens is 400 g/mol. The van der Waals surface area contributed by atoms with E-state index in [1.807, 2.05) is 12.4 Å². The van der Waals surface area contributed by atoms with Gasteiger partial charge in [-0.1, -0.05) is 25.5 Å². The lowest BCUT2D eigenvalue weighted by atomic mass is 9.93. The largest absolute Gasteiger partial charge is 0.393 e. The fraction of sp³-hybridized carbons (Fsp3) is 0.560. The third kappa shape index (κ3) is 5.84. The minimum Gasteiger partial charge on any atom is -0.393 e. The van der Waals surface area contributed by atoms with E-state index in [2.05, 4.69) is 53.0 Å². The number of hydrogen-bond donors (Lipinski definition) is 4. The molecule has 1 saturated carbocycles. The quantitative estimate of drug-likeness (QED) is 0.492. The predicted molar refractivity (Wildman–Crippen MR) is 131 cm³/mol. The predicted octanol–water partition coefficient (Wildman–Crippen LogP) is 4.23. The van der Waals surface area contributed by atoms with Crippen molar-refractivity contribution >= 4 is 17.3 Å². The zero-order chi connectivity index (χ0) is 22.3. The van der Waals surface area contributed by atoms with Gasteiger partial charge in [0.05, 0.1) is 17.4 Å². The van der Waals surface area contributed by atoms with Crippen molar-refractivity contribution in [3.05, 3.63) is 36.2 Å². The molecule has 2 aromatic rings. The van der Waals surface area contributed by atoms with Crippen LogP contribution in [0, 0.1) is 0 Å². The first kappa shape index (κ1) is 22.7. The van der Waals surface area contributed by atoms with Crippen LogP contribution in [-0.4, -0.2) is 51.3 Å². The first-order valence-corrected chi connectivity index (χ1v) is 12.1. The topological polar surface area (TPSA) is 95.0 Å². The molecule has 0 aromatic carbocycles. The highest BCUT2D eigenvalue weighted by molar-refractivity contribution is 5.74. The molecule has 0 spiro atoms. The lowest BCUT2D eigenvalue weighted by molar-refractivity contribution is 0.126. The van der Waals surface area contributed by atoms with Crippen LogP contribution in [0.25, 0.3) is 16.8 Å². The molecule has 0 bridgehead atoms. The number of aliphatic hydroxyl groups is 1. The molecule has 7 nitrogen and oxygen atoms in total. The van der Waals surface area contributed by atoms with Crippen LogP contribution in [0.3, 0.4) is 0 Å². The van der Waals surface area contributed by atoms with Crippen molar-refractivity contribution in [3.8, 4) is 11.3 Å². The van der Waals surface area contributed by atoms with Crippen LogP contribution < -0.4 is 16.0 Å². The van der Waals surface area contributed by atoms with Crippen molar-refractivity contribution in [3.63, 3.8) is 0 Å². The Labute approximate surface area is 191 Å². The summed E-state index contributed by atoms with van der Waals surface area (Å²) in [5.41, 5.74) is 4.31. The summed E-state index contributed by atoms with van der Waals surface area (Å²) in [5, 5.41) is 20.3. The summed E-state index contributed by atoms with van der Waals surface area (Å²) in [6.45, 7) is 6.27. The fourth-order valence-electron chi connectivity index (χ4n) is 4.52. The third-order valence-electron chi connectivity index (χ3n) is 6.40. The Morgan fingerprint density at radius 2 is 2.00 bits per heavy atom. The normalized spacial score (nSPS) is 22.2. The van der Waals surface area contributed by atoms with Gasteiger partial charge >= 0.3 is 0 Å². The molecular formula is C25H36N6O. The number of hydrogen-bond acceptors (Lipinski definition) is 7. The Kier molecular flexibility index (Phi) is 7.71. The second-order valence-electron chi connectivity index (χ2n) is 9.06. The molecule has 7 heteroatoms. The number of anilines is 2. The van der Waals surface area contributed by atoms with Gasteiger partial charge in [-0.25, -0.2) is 4.98 Å². The first-order valence-electron chi connectivity index (χ1n) is 12.1. The Morgan fingerprint density at radius 1 is 1.16 bits per heavy atom. The summed E-state index contributed by atoms with van der Waals surface area (Å²) in [6, 6.07) is 4.83. The van der Waals surface area contributed by atoms with Crippen LogP contribution in [0.5, 0.6) is 0 Å². The van der Waals surface area contributed by atoms with Crippen LogP contribution in [0.2, 0.25) is 0 Å². The van der Waals surface area contributed by atoms with Gasteiger partial charge in [-0.2, -0.15) is 4.98 Å². The number of nitrogens with one attached hydrogen (secondary N) is 3. The van der Waals surface area contributed by atoms with Gasteiger partial charge in [-0.3, -0.25) is 4.98 Å². The molecule has 4 rings (SSSR count). The Balaban J connectivity index is 1.58. The van der Waals surface area contributed by atoms with Crippen LogP contribution in [0.1, 0.15) is 64.4 Å². The molecule has 0 radical (unpaired) electrons. The summed E-state index contributed by atoms with van der Waals surface area (Å²) in [5.74, 6) is 1.46. The Bertz CT molecular complexity index is 905. The summed E-state index contributed by atoms with van der Waals surface area (Å²) < 4.78 is 0. The zero-order valence-corrected chi connectivity index (χ0v) is 19.3. The van der Waals surface area contributed by atoms with E-state index >= 15 is 0 Å². The Morgan fingerprint density at radius 3 is 2.69 bits per heavy atom. The number of aliphatic hydroxyl groups excluding tert-OH is 1. The van der Waals surface area contributed by atoms with E-state index in [1.165, 1.54) is 11.1 Å². The molecule has 4 N–H and O–H groups in total. The van der Waals surface area contributed by atoms with E-state index in [-0.39, 0.29) is 6.10 Å². The van der Waals surface area contributed by atoms with Gasteiger partial charge in [0.2, 0.25) is 5.95 Å². The molecule has 1 aliphatic carbocycles. The van der Waals surface area contributed by atoms with Crippen LogP contribution in [0.4, 0.5) is 11.8 Å². The molecule has 2 aliphatic rings. The highest BCUT2D eigenvalue weighted by atomic mass is 16.3. The molecule has 0 amide bonds. The number of nitrogens with zero attached hydrogens (tertiary/aromatic N) is 3. The summed E-state index contributed by atoms with van der Waals surface area (Å²) in [4.78, 5) is 14.2. The molecule has 3 heterocycles. The van der Waals surface area contributed by atoms with E-state index in [0.29, 0.717) is 18.0 Å². The molecule has 1 aliphatic heterocycles. The van der Waals surface area contributed by atoms with E-state index < -0.39 is 0 Å². The molecule has 172 valence electrons. The Hall–Kier alpha value is -2.51. The van der Waals surface area contributed by atoms with Crippen molar-refractivity contribution in [2.24, 2.45) is 0 Å². The maximum absolute atomic E-state index is 9.87. The SMILES string of the molecule is CCC[C@H](C)Nc1ncc(-c2ccc(C3=CCNCC3)cn2)c(NC2CCC(O)CC2)n1. The summed E-state index contributed by atoms with van der Waals surface area (Å²) in [6.07, 6.45) is 12.6. The van der Waals surface area contributed by atoms with Crippen LogP contribution in [-0.2, 0) is 0 Å². The van der Waals surface area contributed by atoms with Gasteiger partial charge in [-0.05, 0) is 69.2 Å². The zero-order valence-electron chi connectivity index (χ0n) is 19.3. The van der Waals surface area contributed by atoms with Crippen molar-refractivity contribution in [2.45, 2.75) is 77.0 Å². The summed E-state index contributed by atoms with van der Waals surface area (Å²) in [7, 11) is 0. The molecule has 1 atom stereocenters. The van der Waals surface area contributed by atoms with Crippen LogP contribution in [0.15, 0.2) is 30.6 Å². The molecule has 0 unspecified atom stereocenters. The van der Waals surface area contributed by atoms with E-state index in [4.69, 9.17) is 9.97 Å². The van der Waals surface area contributed by atoms with Gasteiger partial charge in [-0.15, -0.1) is 0 Å². The molecule has 0 saturated heterocycles. The second-order valence-corrected chi connectivity index (χ2v) is 9.06. The smallest absolute Gasteiger partial charge is 0.224 e. The van der Waals surface area contributed by atoms with Crippen molar-refractivity contribution in [1.29, 1.82) is 0 Å². The van der Waals surface area contributed by atoms with Crippen molar-refractivity contribution < 1.29 is 5.11 Å². The van der Waals surface area contributed by atoms with Gasteiger partial charge < -0.3 is 21.1 Å². The number of rotatable bonds is 8. The van der Waals surface area contributed by atoms with Crippen LogP contribution >= 0.6 is 0 Å². The summed E-state index contributed by atoms with van der Waals surface area (Å²) >= 11 is 0. The van der Waals surface area contributed by atoms with Gasteiger partial charge in [0.25, 0.3) is 0 Å². The molecule has 1 fully saturated rings. The fourth-order valence-corrected chi connectivity index (χ4v) is 4.52. The maximum Gasteiger partial charge on any atom is 0.224 e. The highest BCUT2D eigenvalue weighted by Gasteiger charge is 2.22. The lowest BCUT2D eigenvalue weighted by Crippen LogP contribution is -2.29. The number of pyridine rings is 1. The first-order chi connectivity index (χ1) is 15.6. The standard InChI is InChI=1S/C25H36N6O/c1-3-4-17(2)29-25-28-16-22(24(31-25)30-20-6-8-21(32)9-7-20)23-10-5-19(15-27-23)18-11-13-26-14-12-18/h5,10-11,15-17,20-21,26,32H,3-4,6-9,12-14H2,1-2H3,(H2,28,29,30,31)/t17-,20?,21?/m0/s1. The monoisotopic (exact) mass is 436 g/mol. The average molecular weight is 437 g/mol. The minimum absolute atomic E-state index is 0.177. The second kappa shape index (κ2) is 10.9. The van der Waals surface area contributed by atoms with Crippen molar-refractivity contribution in [2.75, 3.05) is 23.7 Å². The maximum atomic E-state index is 9.87. The van der Waals surface area contributed by atoms with E-state index in [9.17, 15) is 5.11 Å². The van der Waals surface area contributed by atoms with Gasteiger partial charge in [0.1, 0.15) is 5.82 Å². The third-order valence-corrected chi connectivity index (χ3v) is 6.40. The van der Waals surface area contributed by atoms with Gasteiger partial charge in [0, 0.05) is 31.0 Å². The highest BCUT2D eigenvalue weighted by Crippen LogP contribution is 2.30. The molecule has 32 heavy (non-hydrogen) atoms. The van der Waals surface area contributed by atoms with Crippen molar-refractivity contribution in [1.82, 2.24) is 20.3 Å². The van der Waals surface area contributed by atoms with E-state index in [0.717, 1.165) is 75.1 Å². The van der Waals surface area contributed by atoms with Gasteiger partial charge in [0.15, 0.2) is 0 Å². The van der Waals surface area contributed by atoms with E-state index in [1.54, 1.807) is 0 Å². The molecule has 2 aromatic heterocycles.